The molecule has 1 nitrogen and oxygen atoms in total. The van der Waals surface area contributed by atoms with Gasteiger partial charge in [-0.3, -0.25) is 0 Å². The first-order chi connectivity index (χ1) is 7.59. The fourth-order valence-electron chi connectivity index (χ4n) is 2.42. The summed E-state index contributed by atoms with van der Waals surface area (Å²) in [7, 11) is 0. The van der Waals surface area contributed by atoms with Crippen molar-refractivity contribution < 1.29 is 5.11 Å². The lowest BCUT2D eigenvalue weighted by Crippen LogP contribution is -2.27. The van der Waals surface area contributed by atoms with Crippen molar-refractivity contribution in [2.24, 2.45) is 16.7 Å². The third kappa shape index (κ3) is 4.67. The van der Waals surface area contributed by atoms with Gasteiger partial charge in [0.1, 0.15) is 0 Å². The van der Waals surface area contributed by atoms with Gasteiger partial charge in [-0.05, 0) is 35.2 Å². The molecule has 1 aliphatic rings. The van der Waals surface area contributed by atoms with Gasteiger partial charge in [0, 0.05) is 0 Å². The first-order valence-electron chi connectivity index (χ1n) is 6.66. The fraction of sp³-hybridized carbons (Fsp3) is 0.750. The quantitative estimate of drug-likeness (QED) is 0.756. The van der Waals surface area contributed by atoms with E-state index in [0.29, 0.717) is 11.3 Å². The van der Waals surface area contributed by atoms with Gasteiger partial charge in [-0.1, -0.05) is 59.8 Å². The molecule has 17 heavy (non-hydrogen) atoms. The van der Waals surface area contributed by atoms with Crippen LogP contribution >= 0.6 is 0 Å². The number of aliphatic hydroxyl groups is 1. The summed E-state index contributed by atoms with van der Waals surface area (Å²) in [5, 5.41) is 9.51. The zero-order chi connectivity index (χ0) is 13.3. The van der Waals surface area contributed by atoms with Gasteiger partial charge in [0.25, 0.3) is 0 Å². The molecule has 0 aromatic rings. The van der Waals surface area contributed by atoms with E-state index in [1.165, 1.54) is 12.0 Å². The van der Waals surface area contributed by atoms with Crippen LogP contribution in [-0.2, 0) is 0 Å². The molecule has 0 saturated heterocycles. The van der Waals surface area contributed by atoms with E-state index in [0.717, 1.165) is 6.42 Å². The van der Waals surface area contributed by atoms with Crippen LogP contribution in [0.1, 0.15) is 54.4 Å². The zero-order valence-corrected chi connectivity index (χ0v) is 12.2. The number of aliphatic hydroxyl groups excluding tert-OH is 1. The number of hydrogen-bond acceptors (Lipinski definition) is 1. The van der Waals surface area contributed by atoms with Gasteiger partial charge in [-0.25, -0.2) is 0 Å². The maximum Gasteiger partial charge on any atom is 0.0758 e. The molecule has 0 saturated carbocycles. The molecule has 0 bridgehead atoms. The first-order valence-corrected chi connectivity index (χ1v) is 6.66. The summed E-state index contributed by atoms with van der Waals surface area (Å²) < 4.78 is 0. The molecular formula is C16H28O. The van der Waals surface area contributed by atoms with E-state index in [4.69, 9.17) is 0 Å². The Morgan fingerprint density at radius 1 is 1.24 bits per heavy atom. The summed E-state index contributed by atoms with van der Waals surface area (Å²) in [4.78, 5) is 0. The smallest absolute Gasteiger partial charge is 0.0758 e. The van der Waals surface area contributed by atoms with Crippen molar-refractivity contribution in [3.8, 4) is 0 Å². The molecule has 98 valence electrons. The van der Waals surface area contributed by atoms with Crippen LogP contribution in [0.25, 0.3) is 0 Å². The molecule has 1 rings (SSSR count). The molecule has 0 aromatic heterocycles. The monoisotopic (exact) mass is 236 g/mol. The Hall–Kier alpha value is -0.560. The minimum Gasteiger partial charge on any atom is -0.389 e. The van der Waals surface area contributed by atoms with Gasteiger partial charge in [0.05, 0.1) is 6.10 Å². The molecule has 2 atom stereocenters. The zero-order valence-electron chi connectivity index (χ0n) is 12.2. The average Bonchev–Trinajstić information content (AvgIpc) is 2.13. The van der Waals surface area contributed by atoms with E-state index < -0.39 is 0 Å². The number of hydrogen-bond donors (Lipinski definition) is 1. The van der Waals surface area contributed by atoms with E-state index >= 15 is 0 Å². The lowest BCUT2D eigenvalue weighted by atomic mass is 9.68. The highest BCUT2D eigenvalue weighted by molar-refractivity contribution is 5.28. The molecule has 0 amide bonds. The van der Waals surface area contributed by atoms with Gasteiger partial charge >= 0.3 is 0 Å². The minimum atomic E-state index is -0.283. The standard InChI is InChI=1S/C16H28O/c1-15(2,3)11-14(16(4,5)6)12-7-9-13(17)10-8-12/h7-9,13-14,17H,10-11H2,1-6H3. The van der Waals surface area contributed by atoms with Crippen LogP contribution in [0.2, 0.25) is 0 Å². The van der Waals surface area contributed by atoms with Crippen LogP contribution in [0.4, 0.5) is 0 Å². The highest BCUT2D eigenvalue weighted by Crippen LogP contribution is 2.41. The summed E-state index contributed by atoms with van der Waals surface area (Å²) in [6.45, 7) is 13.8. The van der Waals surface area contributed by atoms with E-state index in [-0.39, 0.29) is 11.5 Å². The SMILES string of the molecule is CC(C)(C)CC(C1=CCC(O)C=C1)C(C)(C)C. The van der Waals surface area contributed by atoms with Crippen LogP contribution in [0.5, 0.6) is 0 Å². The Bertz CT molecular complexity index is 309. The Labute approximate surface area is 107 Å². The fourth-order valence-corrected chi connectivity index (χ4v) is 2.42. The third-order valence-electron chi connectivity index (χ3n) is 3.37. The molecule has 0 aromatic carbocycles. The van der Waals surface area contributed by atoms with Gasteiger partial charge in [0.15, 0.2) is 0 Å². The molecule has 1 aliphatic carbocycles. The molecule has 0 radical (unpaired) electrons. The molecule has 0 fully saturated rings. The summed E-state index contributed by atoms with van der Waals surface area (Å²) >= 11 is 0. The largest absolute Gasteiger partial charge is 0.389 e. The average molecular weight is 236 g/mol. The van der Waals surface area contributed by atoms with Gasteiger partial charge in [0.2, 0.25) is 0 Å². The maximum absolute atomic E-state index is 9.51. The van der Waals surface area contributed by atoms with Gasteiger partial charge < -0.3 is 5.11 Å². The second-order valence-corrected chi connectivity index (χ2v) is 7.55. The molecule has 0 heterocycles. The summed E-state index contributed by atoms with van der Waals surface area (Å²) in [6.07, 6.45) is 7.93. The minimum absolute atomic E-state index is 0.270. The van der Waals surface area contributed by atoms with E-state index in [1.807, 2.05) is 6.08 Å². The lowest BCUT2D eigenvalue weighted by molar-refractivity contribution is 0.193. The van der Waals surface area contributed by atoms with Gasteiger partial charge in [-0.2, -0.15) is 0 Å². The predicted octanol–water partition coefficient (Wildman–Crippen LogP) is 4.33. The van der Waals surface area contributed by atoms with E-state index in [9.17, 15) is 5.11 Å². The molecular weight excluding hydrogens is 208 g/mol. The number of rotatable bonds is 2. The lowest BCUT2D eigenvalue weighted by Gasteiger charge is -2.37. The van der Waals surface area contributed by atoms with Crippen molar-refractivity contribution >= 4 is 0 Å². The van der Waals surface area contributed by atoms with Crippen LogP contribution < -0.4 is 0 Å². The molecule has 2 unspecified atom stereocenters. The van der Waals surface area contributed by atoms with Crippen molar-refractivity contribution in [1.29, 1.82) is 0 Å². The second kappa shape index (κ2) is 4.97. The summed E-state index contributed by atoms with van der Waals surface area (Å²) in [6, 6.07) is 0. The van der Waals surface area contributed by atoms with E-state index in [1.54, 1.807) is 0 Å². The highest BCUT2D eigenvalue weighted by Gasteiger charge is 2.31. The van der Waals surface area contributed by atoms with Crippen molar-refractivity contribution in [2.45, 2.75) is 60.5 Å². The molecule has 1 heteroatoms. The Morgan fingerprint density at radius 3 is 2.18 bits per heavy atom. The molecule has 0 aliphatic heterocycles. The second-order valence-electron chi connectivity index (χ2n) is 7.55. The van der Waals surface area contributed by atoms with E-state index in [2.05, 4.69) is 53.7 Å². The molecule has 0 spiro atoms. The number of allylic oxidation sites excluding steroid dienone is 2. The Balaban J connectivity index is 2.89. The van der Waals surface area contributed by atoms with Crippen LogP contribution in [0.3, 0.4) is 0 Å². The van der Waals surface area contributed by atoms with Crippen molar-refractivity contribution in [2.75, 3.05) is 0 Å². The normalized spacial score (nSPS) is 23.5. The maximum atomic E-state index is 9.51. The van der Waals surface area contributed by atoms with Gasteiger partial charge in [-0.15, -0.1) is 0 Å². The molecule has 1 N–H and O–H groups in total. The Kier molecular flexibility index (Phi) is 4.24. The third-order valence-corrected chi connectivity index (χ3v) is 3.37. The van der Waals surface area contributed by atoms with Crippen molar-refractivity contribution in [1.82, 2.24) is 0 Å². The summed E-state index contributed by atoms with van der Waals surface area (Å²) in [5.41, 5.74) is 2.01. The van der Waals surface area contributed by atoms with Crippen molar-refractivity contribution in [3.05, 3.63) is 23.8 Å². The van der Waals surface area contributed by atoms with Crippen LogP contribution in [-0.4, -0.2) is 11.2 Å². The van der Waals surface area contributed by atoms with Crippen molar-refractivity contribution in [3.63, 3.8) is 0 Å². The Morgan fingerprint density at radius 2 is 1.82 bits per heavy atom. The van der Waals surface area contributed by atoms with Crippen LogP contribution in [0, 0.1) is 16.7 Å². The topological polar surface area (TPSA) is 20.2 Å². The van der Waals surface area contributed by atoms with Crippen LogP contribution in [0.15, 0.2) is 23.8 Å². The predicted molar refractivity (Wildman–Crippen MR) is 74.9 cm³/mol. The highest BCUT2D eigenvalue weighted by atomic mass is 16.3. The summed E-state index contributed by atoms with van der Waals surface area (Å²) in [5.74, 6) is 0.561. The first kappa shape index (κ1) is 14.5.